The summed E-state index contributed by atoms with van der Waals surface area (Å²) in [6.07, 6.45) is 4.34. The van der Waals surface area contributed by atoms with Crippen molar-refractivity contribution >= 4 is 17.5 Å². The minimum absolute atomic E-state index is 0.605. The molecule has 1 aromatic heterocycles. The highest BCUT2D eigenvalue weighted by atomic mass is 16.5. The number of hydrogen-bond donors (Lipinski definition) is 1. The molecular formula is C18H24N4O. The molecule has 1 aliphatic heterocycles. The van der Waals surface area contributed by atoms with Gasteiger partial charge in [0, 0.05) is 19.3 Å². The third-order valence-electron chi connectivity index (χ3n) is 4.06. The number of hydrogen-bond acceptors (Lipinski definition) is 5. The smallest absolute Gasteiger partial charge is 0.229 e. The van der Waals surface area contributed by atoms with E-state index in [-0.39, 0.29) is 0 Å². The Morgan fingerprint density at radius 1 is 1.30 bits per heavy atom. The molecule has 0 spiro atoms. The Morgan fingerprint density at radius 3 is 3.00 bits per heavy atom. The van der Waals surface area contributed by atoms with E-state index in [0.29, 0.717) is 18.5 Å². The molecule has 2 heterocycles. The van der Waals surface area contributed by atoms with Crippen molar-refractivity contribution in [1.82, 2.24) is 9.97 Å². The van der Waals surface area contributed by atoms with Crippen LogP contribution in [0.3, 0.4) is 0 Å². The van der Waals surface area contributed by atoms with E-state index in [2.05, 4.69) is 27.1 Å². The molecule has 0 saturated carbocycles. The van der Waals surface area contributed by atoms with E-state index in [0.717, 1.165) is 30.3 Å². The number of rotatable bonds is 5. The topological polar surface area (TPSA) is 50.3 Å². The molecule has 1 fully saturated rings. The van der Waals surface area contributed by atoms with Crippen LogP contribution in [0.25, 0.3) is 0 Å². The van der Waals surface area contributed by atoms with Crippen molar-refractivity contribution in [3.63, 3.8) is 0 Å². The number of nitrogens with zero attached hydrogens (tertiary/aromatic N) is 3. The third kappa shape index (κ3) is 3.92. The zero-order chi connectivity index (χ0) is 16.1. The van der Waals surface area contributed by atoms with E-state index in [1.54, 1.807) is 0 Å². The van der Waals surface area contributed by atoms with Gasteiger partial charge < -0.3 is 15.0 Å². The summed E-state index contributed by atoms with van der Waals surface area (Å²) in [6, 6.07) is 9.84. The fraction of sp³-hybridized carbons (Fsp3) is 0.444. The summed E-state index contributed by atoms with van der Waals surface area (Å²) in [7, 11) is 0. The number of para-hydroxylation sites is 2. The Hall–Kier alpha value is -2.30. The fourth-order valence-corrected chi connectivity index (χ4v) is 2.95. The zero-order valence-electron chi connectivity index (χ0n) is 13.8. The summed E-state index contributed by atoms with van der Waals surface area (Å²) < 4.78 is 5.64. The van der Waals surface area contributed by atoms with Gasteiger partial charge >= 0.3 is 0 Å². The number of aromatic nitrogens is 2. The van der Waals surface area contributed by atoms with Gasteiger partial charge in [0.1, 0.15) is 11.6 Å². The first kappa shape index (κ1) is 15.6. The molecule has 122 valence electrons. The number of anilines is 3. The quantitative estimate of drug-likeness (QED) is 0.908. The molecular weight excluding hydrogens is 288 g/mol. The predicted octanol–water partition coefficient (Wildman–Crippen LogP) is 3.86. The Bertz CT molecular complexity index is 646. The van der Waals surface area contributed by atoms with Crippen LogP contribution in [0.2, 0.25) is 0 Å². The molecule has 0 bridgehead atoms. The van der Waals surface area contributed by atoms with Crippen molar-refractivity contribution in [2.75, 3.05) is 29.9 Å². The lowest BCUT2D eigenvalue weighted by molar-refractivity contribution is 0.342. The van der Waals surface area contributed by atoms with E-state index in [4.69, 9.17) is 4.74 Å². The van der Waals surface area contributed by atoms with Crippen molar-refractivity contribution in [3.8, 4) is 5.75 Å². The predicted molar refractivity (Wildman–Crippen MR) is 93.5 cm³/mol. The molecule has 5 heteroatoms. The summed E-state index contributed by atoms with van der Waals surface area (Å²) in [6.45, 7) is 7.03. The first-order valence-corrected chi connectivity index (χ1v) is 8.33. The minimum Gasteiger partial charge on any atom is -0.492 e. The van der Waals surface area contributed by atoms with Crippen molar-refractivity contribution in [1.29, 1.82) is 0 Å². The van der Waals surface area contributed by atoms with Crippen molar-refractivity contribution in [2.24, 2.45) is 5.92 Å². The van der Waals surface area contributed by atoms with Crippen LogP contribution in [0, 0.1) is 5.92 Å². The minimum atomic E-state index is 0.605. The molecule has 1 N–H and O–H groups in total. The number of nitrogens with one attached hydrogen (secondary N) is 1. The Morgan fingerprint density at radius 2 is 2.17 bits per heavy atom. The van der Waals surface area contributed by atoms with Crippen LogP contribution >= 0.6 is 0 Å². The molecule has 1 unspecified atom stereocenters. The summed E-state index contributed by atoms with van der Waals surface area (Å²) in [5, 5.41) is 3.27. The first-order valence-electron chi connectivity index (χ1n) is 8.33. The van der Waals surface area contributed by atoms with Crippen LogP contribution < -0.4 is 15.0 Å². The van der Waals surface area contributed by atoms with Crippen LogP contribution in [0.4, 0.5) is 17.5 Å². The van der Waals surface area contributed by atoms with Gasteiger partial charge in [-0.05, 0) is 43.9 Å². The van der Waals surface area contributed by atoms with Gasteiger partial charge in [-0.3, -0.25) is 0 Å². The number of benzene rings is 1. The summed E-state index contributed by atoms with van der Waals surface area (Å²) in [4.78, 5) is 11.4. The second-order valence-corrected chi connectivity index (χ2v) is 5.99. The number of ether oxygens (including phenoxy) is 1. The van der Waals surface area contributed by atoms with Gasteiger partial charge in [-0.2, -0.15) is 4.98 Å². The fourth-order valence-electron chi connectivity index (χ4n) is 2.95. The molecule has 1 aromatic carbocycles. The highest BCUT2D eigenvalue weighted by Gasteiger charge is 2.18. The average molecular weight is 312 g/mol. The van der Waals surface area contributed by atoms with Crippen LogP contribution in [0.5, 0.6) is 5.75 Å². The Kier molecular flexibility index (Phi) is 4.95. The van der Waals surface area contributed by atoms with E-state index >= 15 is 0 Å². The summed E-state index contributed by atoms with van der Waals surface area (Å²) >= 11 is 0. The van der Waals surface area contributed by atoms with Gasteiger partial charge in [0.15, 0.2) is 0 Å². The van der Waals surface area contributed by atoms with Gasteiger partial charge in [-0.15, -0.1) is 0 Å². The largest absolute Gasteiger partial charge is 0.492 e. The molecule has 1 atom stereocenters. The maximum absolute atomic E-state index is 5.64. The molecule has 0 radical (unpaired) electrons. The Balaban J connectivity index is 1.78. The molecule has 5 nitrogen and oxygen atoms in total. The Labute approximate surface area is 137 Å². The molecule has 23 heavy (non-hydrogen) atoms. The van der Waals surface area contributed by atoms with E-state index in [9.17, 15) is 0 Å². The van der Waals surface area contributed by atoms with Crippen molar-refractivity contribution in [3.05, 3.63) is 36.5 Å². The molecule has 2 aromatic rings. The molecule has 0 aliphatic carbocycles. The first-order chi connectivity index (χ1) is 11.3. The highest BCUT2D eigenvalue weighted by molar-refractivity contribution is 5.63. The maximum Gasteiger partial charge on any atom is 0.229 e. The van der Waals surface area contributed by atoms with E-state index in [1.165, 1.54) is 12.8 Å². The monoisotopic (exact) mass is 312 g/mol. The van der Waals surface area contributed by atoms with Gasteiger partial charge in [-0.1, -0.05) is 19.1 Å². The van der Waals surface area contributed by atoms with Gasteiger partial charge in [0.25, 0.3) is 0 Å². The van der Waals surface area contributed by atoms with Crippen molar-refractivity contribution in [2.45, 2.75) is 26.7 Å². The van der Waals surface area contributed by atoms with Gasteiger partial charge in [0.2, 0.25) is 5.95 Å². The third-order valence-corrected chi connectivity index (χ3v) is 4.06. The lowest BCUT2D eigenvalue weighted by atomic mass is 10.0. The van der Waals surface area contributed by atoms with Crippen LogP contribution in [-0.2, 0) is 0 Å². The summed E-state index contributed by atoms with van der Waals surface area (Å²) in [5.74, 6) is 3.13. The maximum atomic E-state index is 5.64. The summed E-state index contributed by atoms with van der Waals surface area (Å²) in [5.41, 5.74) is 0.888. The second-order valence-electron chi connectivity index (χ2n) is 5.99. The van der Waals surface area contributed by atoms with Crippen LogP contribution in [0.15, 0.2) is 36.5 Å². The molecule has 3 rings (SSSR count). The SMILES string of the molecule is CCOc1ccccc1Nc1nccc(N2CCCC(C)C2)n1. The average Bonchev–Trinajstić information content (AvgIpc) is 2.57. The van der Waals surface area contributed by atoms with Crippen LogP contribution in [-0.4, -0.2) is 29.7 Å². The standard InChI is InChI=1S/C18H24N4O/c1-3-23-16-9-5-4-8-15(16)20-18-19-11-10-17(21-18)22-12-6-7-14(2)13-22/h4-5,8-11,14H,3,6-7,12-13H2,1-2H3,(H,19,20,21). The zero-order valence-corrected chi connectivity index (χ0v) is 13.8. The molecule has 0 amide bonds. The normalized spacial score (nSPS) is 17.8. The van der Waals surface area contributed by atoms with Crippen molar-refractivity contribution < 1.29 is 4.74 Å². The molecule has 1 saturated heterocycles. The number of piperidine rings is 1. The van der Waals surface area contributed by atoms with Gasteiger partial charge in [-0.25, -0.2) is 4.98 Å². The lowest BCUT2D eigenvalue weighted by Gasteiger charge is -2.31. The van der Waals surface area contributed by atoms with E-state index < -0.39 is 0 Å². The molecule has 1 aliphatic rings. The highest BCUT2D eigenvalue weighted by Crippen LogP contribution is 2.27. The second kappa shape index (κ2) is 7.31. The van der Waals surface area contributed by atoms with Gasteiger partial charge in [0.05, 0.1) is 12.3 Å². The van der Waals surface area contributed by atoms with E-state index in [1.807, 2.05) is 43.5 Å². The van der Waals surface area contributed by atoms with Crippen LogP contribution in [0.1, 0.15) is 26.7 Å². The lowest BCUT2D eigenvalue weighted by Crippen LogP contribution is -2.34.